The standard InChI is InChI=1S/C20H19N3O3S/c1-23(16-6-4-3-5-7-16)18(24)12-15-13-27-20(21-15)22-19(25)14-8-10-17(26-2)11-9-14/h3-11,13H,12H2,1-2H3,(H,21,22,25). The fraction of sp³-hybridized carbons (Fsp3) is 0.150. The monoisotopic (exact) mass is 381 g/mol. The van der Waals surface area contributed by atoms with E-state index in [-0.39, 0.29) is 18.2 Å². The number of thiazole rings is 1. The molecule has 0 spiro atoms. The van der Waals surface area contributed by atoms with Crippen molar-refractivity contribution < 1.29 is 14.3 Å². The van der Waals surface area contributed by atoms with E-state index >= 15 is 0 Å². The summed E-state index contributed by atoms with van der Waals surface area (Å²) in [5.74, 6) is 0.356. The highest BCUT2D eigenvalue weighted by atomic mass is 32.1. The van der Waals surface area contributed by atoms with Gasteiger partial charge < -0.3 is 9.64 Å². The maximum Gasteiger partial charge on any atom is 0.257 e. The van der Waals surface area contributed by atoms with Gasteiger partial charge in [-0.15, -0.1) is 11.3 Å². The van der Waals surface area contributed by atoms with E-state index < -0.39 is 0 Å². The van der Waals surface area contributed by atoms with E-state index in [0.717, 1.165) is 5.69 Å². The lowest BCUT2D eigenvalue weighted by Crippen LogP contribution is -2.27. The topological polar surface area (TPSA) is 71.5 Å². The molecule has 1 heterocycles. The van der Waals surface area contributed by atoms with Gasteiger partial charge in [0.1, 0.15) is 5.75 Å². The molecular weight excluding hydrogens is 362 g/mol. The lowest BCUT2D eigenvalue weighted by Gasteiger charge is -2.16. The van der Waals surface area contributed by atoms with Crippen molar-refractivity contribution in [1.29, 1.82) is 0 Å². The van der Waals surface area contributed by atoms with Gasteiger partial charge in [0.15, 0.2) is 5.13 Å². The van der Waals surface area contributed by atoms with Gasteiger partial charge in [0.05, 0.1) is 19.2 Å². The first-order chi connectivity index (χ1) is 13.1. The minimum Gasteiger partial charge on any atom is -0.497 e. The minimum absolute atomic E-state index is 0.0699. The molecular formula is C20H19N3O3S. The number of carbonyl (C=O) groups is 2. The van der Waals surface area contributed by atoms with Gasteiger partial charge in [-0.3, -0.25) is 14.9 Å². The molecule has 1 N–H and O–H groups in total. The Bertz CT molecular complexity index is 923. The number of nitrogens with one attached hydrogen (secondary N) is 1. The number of methoxy groups -OCH3 is 1. The maximum absolute atomic E-state index is 12.4. The van der Waals surface area contributed by atoms with E-state index in [1.807, 2.05) is 30.3 Å². The van der Waals surface area contributed by atoms with E-state index in [4.69, 9.17) is 4.74 Å². The largest absolute Gasteiger partial charge is 0.497 e. The van der Waals surface area contributed by atoms with Crippen molar-refractivity contribution in [3.8, 4) is 5.75 Å². The first-order valence-corrected chi connectivity index (χ1v) is 9.16. The zero-order chi connectivity index (χ0) is 19.2. The molecule has 6 nitrogen and oxygen atoms in total. The molecule has 0 bridgehead atoms. The lowest BCUT2D eigenvalue weighted by atomic mass is 10.2. The first-order valence-electron chi connectivity index (χ1n) is 8.28. The molecule has 0 fully saturated rings. The number of benzene rings is 2. The van der Waals surface area contributed by atoms with E-state index in [9.17, 15) is 9.59 Å². The fourth-order valence-corrected chi connectivity index (χ4v) is 3.13. The second kappa shape index (κ2) is 8.46. The lowest BCUT2D eigenvalue weighted by molar-refractivity contribution is -0.117. The summed E-state index contributed by atoms with van der Waals surface area (Å²) in [5, 5.41) is 4.99. The summed E-state index contributed by atoms with van der Waals surface area (Å²) in [6.07, 6.45) is 0.167. The molecule has 3 rings (SSSR count). The van der Waals surface area contributed by atoms with Crippen LogP contribution in [0.1, 0.15) is 16.1 Å². The third-order valence-electron chi connectivity index (χ3n) is 3.97. The molecule has 0 aliphatic heterocycles. The van der Waals surface area contributed by atoms with Crippen molar-refractivity contribution >= 4 is 34.0 Å². The average molecular weight is 381 g/mol. The van der Waals surface area contributed by atoms with Gasteiger partial charge in [-0.05, 0) is 36.4 Å². The predicted octanol–water partition coefficient (Wildman–Crippen LogP) is 3.61. The molecule has 3 aromatic rings. The number of aromatic nitrogens is 1. The summed E-state index contributed by atoms with van der Waals surface area (Å²) < 4.78 is 5.08. The van der Waals surface area contributed by atoms with Crippen molar-refractivity contribution in [2.75, 3.05) is 24.4 Å². The number of hydrogen-bond acceptors (Lipinski definition) is 5. The Balaban J connectivity index is 1.60. The summed E-state index contributed by atoms with van der Waals surface area (Å²) in [6.45, 7) is 0. The Morgan fingerprint density at radius 2 is 1.81 bits per heavy atom. The summed E-state index contributed by atoms with van der Waals surface area (Å²) in [5.41, 5.74) is 1.95. The molecule has 0 unspecified atom stereocenters. The Morgan fingerprint density at radius 3 is 2.48 bits per heavy atom. The normalized spacial score (nSPS) is 10.3. The van der Waals surface area contributed by atoms with Crippen LogP contribution in [0.15, 0.2) is 60.0 Å². The van der Waals surface area contributed by atoms with Gasteiger partial charge in [0.2, 0.25) is 5.91 Å². The van der Waals surface area contributed by atoms with Crippen LogP contribution in [0.3, 0.4) is 0 Å². The smallest absolute Gasteiger partial charge is 0.257 e. The summed E-state index contributed by atoms with van der Waals surface area (Å²) in [7, 11) is 3.30. The molecule has 2 amide bonds. The van der Waals surface area contributed by atoms with Crippen molar-refractivity contribution in [3.05, 3.63) is 71.2 Å². The summed E-state index contributed by atoms with van der Waals surface area (Å²) in [4.78, 5) is 30.6. The van der Waals surface area contributed by atoms with Gasteiger partial charge in [-0.25, -0.2) is 4.98 Å². The second-order valence-corrected chi connectivity index (χ2v) is 6.65. The Kier molecular flexibility index (Phi) is 5.83. The van der Waals surface area contributed by atoms with Gasteiger partial charge >= 0.3 is 0 Å². The van der Waals surface area contributed by atoms with E-state index in [2.05, 4.69) is 10.3 Å². The number of rotatable bonds is 6. The van der Waals surface area contributed by atoms with Crippen LogP contribution < -0.4 is 15.0 Å². The molecule has 27 heavy (non-hydrogen) atoms. The van der Waals surface area contributed by atoms with Crippen LogP contribution in [0.25, 0.3) is 0 Å². The summed E-state index contributed by atoms with van der Waals surface area (Å²) in [6, 6.07) is 16.2. The number of anilines is 2. The van der Waals surface area contributed by atoms with Crippen LogP contribution >= 0.6 is 11.3 Å². The van der Waals surface area contributed by atoms with Crippen molar-refractivity contribution in [2.24, 2.45) is 0 Å². The highest BCUT2D eigenvalue weighted by Crippen LogP contribution is 2.19. The second-order valence-electron chi connectivity index (χ2n) is 5.79. The molecule has 0 radical (unpaired) electrons. The molecule has 0 saturated heterocycles. The van der Waals surface area contributed by atoms with E-state index in [0.29, 0.717) is 22.1 Å². The molecule has 0 aliphatic carbocycles. The highest BCUT2D eigenvalue weighted by Gasteiger charge is 2.15. The maximum atomic E-state index is 12.4. The van der Waals surface area contributed by atoms with E-state index in [1.165, 1.54) is 11.3 Å². The zero-order valence-corrected chi connectivity index (χ0v) is 15.8. The van der Waals surface area contributed by atoms with Crippen LogP contribution in [0, 0.1) is 0 Å². The molecule has 138 valence electrons. The Morgan fingerprint density at radius 1 is 1.11 bits per heavy atom. The van der Waals surface area contributed by atoms with Gasteiger partial charge in [0, 0.05) is 23.7 Å². The Hall–Kier alpha value is -3.19. The van der Waals surface area contributed by atoms with Crippen LogP contribution in [0.4, 0.5) is 10.8 Å². The quantitative estimate of drug-likeness (QED) is 0.708. The minimum atomic E-state index is -0.258. The van der Waals surface area contributed by atoms with Gasteiger partial charge in [-0.1, -0.05) is 18.2 Å². The fourth-order valence-electron chi connectivity index (χ4n) is 2.43. The SMILES string of the molecule is COc1ccc(C(=O)Nc2nc(CC(=O)N(C)c3ccccc3)cs2)cc1. The number of hydrogen-bond donors (Lipinski definition) is 1. The van der Waals surface area contributed by atoms with Crippen LogP contribution in [0.5, 0.6) is 5.75 Å². The van der Waals surface area contributed by atoms with Gasteiger partial charge in [0.25, 0.3) is 5.91 Å². The van der Waals surface area contributed by atoms with Gasteiger partial charge in [-0.2, -0.15) is 0 Å². The number of para-hydroxylation sites is 1. The van der Waals surface area contributed by atoms with Crippen molar-refractivity contribution in [2.45, 2.75) is 6.42 Å². The number of carbonyl (C=O) groups excluding carboxylic acids is 2. The molecule has 2 aromatic carbocycles. The number of amides is 2. The zero-order valence-electron chi connectivity index (χ0n) is 15.0. The van der Waals surface area contributed by atoms with Crippen LogP contribution in [-0.4, -0.2) is 31.0 Å². The molecule has 0 aliphatic rings. The molecule has 0 atom stereocenters. The highest BCUT2D eigenvalue weighted by molar-refractivity contribution is 7.14. The number of likely N-dealkylation sites (N-methyl/N-ethyl adjacent to an activating group) is 1. The van der Waals surface area contributed by atoms with Crippen LogP contribution in [-0.2, 0) is 11.2 Å². The predicted molar refractivity (Wildman–Crippen MR) is 107 cm³/mol. The van der Waals surface area contributed by atoms with Crippen LogP contribution in [0.2, 0.25) is 0 Å². The van der Waals surface area contributed by atoms with Crippen molar-refractivity contribution in [1.82, 2.24) is 4.98 Å². The summed E-state index contributed by atoms with van der Waals surface area (Å²) >= 11 is 1.29. The number of nitrogens with zero attached hydrogens (tertiary/aromatic N) is 2. The molecule has 0 saturated carbocycles. The van der Waals surface area contributed by atoms with E-state index in [1.54, 1.807) is 48.7 Å². The third kappa shape index (κ3) is 4.71. The first kappa shape index (κ1) is 18.6. The molecule has 7 heteroatoms. The molecule has 1 aromatic heterocycles. The number of ether oxygens (including phenoxy) is 1. The Labute approximate surface area is 161 Å². The van der Waals surface area contributed by atoms with Crippen molar-refractivity contribution in [3.63, 3.8) is 0 Å². The average Bonchev–Trinajstić information content (AvgIpc) is 3.14. The third-order valence-corrected chi connectivity index (χ3v) is 4.78.